The van der Waals surface area contributed by atoms with Crippen LogP contribution in [-0.4, -0.2) is 63.3 Å². The molecule has 5 nitrogen and oxygen atoms in total. The topological polar surface area (TPSA) is 53.6 Å². The summed E-state index contributed by atoms with van der Waals surface area (Å²) in [6.07, 6.45) is 3.08. The van der Waals surface area contributed by atoms with Crippen molar-refractivity contribution in [3.63, 3.8) is 0 Å². The van der Waals surface area contributed by atoms with E-state index in [-0.39, 0.29) is 5.91 Å². The van der Waals surface area contributed by atoms with Crippen molar-refractivity contribution in [1.82, 2.24) is 15.5 Å². The molecule has 0 saturated carbocycles. The molecular weight excluding hydrogens is 230 g/mol. The van der Waals surface area contributed by atoms with Gasteiger partial charge in [-0.2, -0.15) is 0 Å². The van der Waals surface area contributed by atoms with E-state index in [1.807, 2.05) is 6.92 Å². The monoisotopic (exact) mass is 257 g/mol. The van der Waals surface area contributed by atoms with Crippen LogP contribution in [0.2, 0.25) is 0 Å². The highest BCUT2D eigenvalue weighted by Crippen LogP contribution is 2.07. The van der Waals surface area contributed by atoms with Crippen molar-refractivity contribution in [2.45, 2.75) is 32.2 Å². The van der Waals surface area contributed by atoms with E-state index in [0.717, 1.165) is 32.8 Å². The van der Waals surface area contributed by atoms with Crippen LogP contribution >= 0.6 is 0 Å². The van der Waals surface area contributed by atoms with E-state index in [1.54, 1.807) is 7.11 Å². The maximum Gasteiger partial charge on any atom is 0.221 e. The molecule has 0 spiro atoms. The minimum Gasteiger partial charge on any atom is -0.383 e. The van der Waals surface area contributed by atoms with Crippen LogP contribution in [0.4, 0.5) is 0 Å². The molecule has 0 aromatic carbocycles. The van der Waals surface area contributed by atoms with Gasteiger partial charge < -0.3 is 15.4 Å². The number of carbonyl (C=O) groups excluding carboxylic acids is 1. The molecule has 0 aromatic rings. The number of hydrogen-bond donors (Lipinski definition) is 2. The van der Waals surface area contributed by atoms with Crippen molar-refractivity contribution >= 4 is 5.91 Å². The second-order valence-corrected chi connectivity index (χ2v) is 4.79. The van der Waals surface area contributed by atoms with Gasteiger partial charge >= 0.3 is 0 Å². The summed E-state index contributed by atoms with van der Waals surface area (Å²) >= 11 is 0. The summed E-state index contributed by atoms with van der Waals surface area (Å²) in [5.41, 5.74) is 0. The van der Waals surface area contributed by atoms with Crippen LogP contribution in [0, 0.1) is 0 Å². The molecule has 18 heavy (non-hydrogen) atoms. The number of amides is 1. The standard InChI is InChI=1S/C13H27N3O2/c1-3-14-13(17)6-8-16(9-10-18-2)11-12-5-4-7-15-12/h12,15H,3-11H2,1-2H3,(H,14,17). The molecule has 2 N–H and O–H groups in total. The summed E-state index contributed by atoms with van der Waals surface area (Å²) in [5, 5.41) is 6.33. The smallest absolute Gasteiger partial charge is 0.221 e. The van der Waals surface area contributed by atoms with Gasteiger partial charge in [0, 0.05) is 45.8 Å². The Bertz CT molecular complexity index is 230. The van der Waals surface area contributed by atoms with Gasteiger partial charge in [-0.1, -0.05) is 0 Å². The lowest BCUT2D eigenvalue weighted by Crippen LogP contribution is -2.41. The van der Waals surface area contributed by atoms with Gasteiger partial charge in [-0.25, -0.2) is 0 Å². The van der Waals surface area contributed by atoms with Crippen LogP contribution in [0.15, 0.2) is 0 Å². The second-order valence-electron chi connectivity index (χ2n) is 4.79. The fourth-order valence-corrected chi connectivity index (χ4v) is 2.28. The highest BCUT2D eigenvalue weighted by Gasteiger charge is 2.18. The molecule has 1 unspecified atom stereocenters. The molecule has 1 aliphatic heterocycles. The largest absolute Gasteiger partial charge is 0.383 e. The lowest BCUT2D eigenvalue weighted by Gasteiger charge is -2.25. The normalized spacial score (nSPS) is 19.4. The first-order chi connectivity index (χ1) is 8.76. The van der Waals surface area contributed by atoms with Crippen molar-refractivity contribution in [3.05, 3.63) is 0 Å². The molecule has 1 heterocycles. The molecule has 0 aromatic heterocycles. The third-order valence-electron chi connectivity index (χ3n) is 3.28. The summed E-state index contributed by atoms with van der Waals surface area (Å²) in [7, 11) is 1.72. The second kappa shape index (κ2) is 9.30. The van der Waals surface area contributed by atoms with Gasteiger partial charge in [0.15, 0.2) is 0 Å². The van der Waals surface area contributed by atoms with Crippen molar-refractivity contribution in [2.24, 2.45) is 0 Å². The van der Waals surface area contributed by atoms with Crippen molar-refractivity contribution < 1.29 is 9.53 Å². The lowest BCUT2D eigenvalue weighted by molar-refractivity contribution is -0.121. The van der Waals surface area contributed by atoms with Crippen molar-refractivity contribution in [2.75, 3.05) is 46.4 Å². The summed E-state index contributed by atoms with van der Waals surface area (Å²) in [6, 6.07) is 0.580. The molecule has 1 atom stereocenters. The predicted octanol–water partition coefficient (Wildman–Crippen LogP) is 0.213. The van der Waals surface area contributed by atoms with E-state index < -0.39 is 0 Å². The first-order valence-electron chi connectivity index (χ1n) is 6.97. The molecule has 1 rings (SSSR count). The van der Waals surface area contributed by atoms with Crippen LogP contribution < -0.4 is 10.6 Å². The van der Waals surface area contributed by atoms with Gasteiger partial charge in [-0.15, -0.1) is 0 Å². The van der Waals surface area contributed by atoms with Gasteiger partial charge in [0.1, 0.15) is 0 Å². The zero-order chi connectivity index (χ0) is 13.2. The van der Waals surface area contributed by atoms with E-state index in [4.69, 9.17) is 4.74 Å². The number of ether oxygens (including phenoxy) is 1. The summed E-state index contributed by atoms with van der Waals surface area (Å²) in [6.45, 7) is 7.23. The van der Waals surface area contributed by atoms with Crippen molar-refractivity contribution in [3.8, 4) is 0 Å². The van der Waals surface area contributed by atoms with E-state index in [1.165, 1.54) is 12.8 Å². The summed E-state index contributed by atoms with van der Waals surface area (Å²) in [5.74, 6) is 0.138. The fourth-order valence-electron chi connectivity index (χ4n) is 2.28. The average Bonchev–Trinajstić information content (AvgIpc) is 2.86. The highest BCUT2D eigenvalue weighted by molar-refractivity contribution is 5.75. The van der Waals surface area contributed by atoms with Crippen LogP contribution in [0.25, 0.3) is 0 Å². The fraction of sp³-hybridized carbons (Fsp3) is 0.923. The van der Waals surface area contributed by atoms with Crippen LogP contribution in [-0.2, 0) is 9.53 Å². The Morgan fingerprint density at radius 1 is 1.50 bits per heavy atom. The minimum atomic E-state index is 0.138. The molecule has 106 valence electrons. The molecule has 1 amide bonds. The number of carbonyl (C=O) groups is 1. The number of hydrogen-bond acceptors (Lipinski definition) is 4. The van der Waals surface area contributed by atoms with Crippen LogP contribution in [0.5, 0.6) is 0 Å². The van der Waals surface area contributed by atoms with E-state index in [0.29, 0.717) is 19.0 Å². The maximum absolute atomic E-state index is 11.5. The zero-order valence-electron chi connectivity index (χ0n) is 11.7. The van der Waals surface area contributed by atoms with E-state index >= 15 is 0 Å². The summed E-state index contributed by atoms with van der Waals surface area (Å²) < 4.78 is 5.13. The van der Waals surface area contributed by atoms with Gasteiger partial charge in [-0.3, -0.25) is 9.69 Å². The number of rotatable bonds is 9. The molecular formula is C13H27N3O2. The molecule has 1 saturated heterocycles. The SMILES string of the molecule is CCNC(=O)CCN(CCOC)CC1CCCN1. The van der Waals surface area contributed by atoms with Gasteiger partial charge in [0.25, 0.3) is 0 Å². The van der Waals surface area contributed by atoms with E-state index in [2.05, 4.69) is 15.5 Å². The third kappa shape index (κ3) is 6.33. The number of nitrogens with one attached hydrogen (secondary N) is 2. The first-order valence-corrected chi connectivity index (χ1v) is 6.97. The zero-order valence-corrected chi connectivity index (χ0v) is 11.7. The average molecular weight is 257 g/mol. The first kappa shape index (κ1) is 15.4. The Hall–Kier alpha value is -0.650. The van der Waals surface area contributed by atoms with E-state index in [9.17, 15) is 4.79 Å². The predicted molar refractivity (Wildman–Crippen MR) is 72.6 cm³/mol. The molecule has 1 aliphatic rings. The van der Waals surface area contributed by atoms with Gasteiger partial charge in [0.2, 0.25) is 5.91 Å². The summed E-state index contributed by atoms with van der Waals surface area (Å²) in [4.78, 5) is 13.8. The molecule has 1 fully saturated rings. The highest BCUT2D eigenvalue weighted by atomic mass is 16.5. The quantitative estimate of drug-likeness (QED) is 0.620. The Morgan fingerprint density at radius 2 is 2.33 bits per heavy atom. The number of methoxy groups -OCH3 is 1. The Balaban J connectivity index is 2.27. The van der Waals surface area contributed by atoms with Gasteiger partial charge in [-0.05, 0) is 26.3 Å². The number of nitrogens with zero attached hydrogens (tertiary/aromatic N) is 1. The Morgan fingerprint density at radius 3 is 2.94 bits per heavy atom. The molecule has 0 bridgehead atoms. The lowest BCUT2D eigenvalue weighted by atomic mass is 10.2. The molecule has 0 aliphatic carbocycles. The Kier molecular flexibility index (Phi) is 7.96. The molecule has 5 heteroatoms. The van der Waals surface area contributed by atoms with Crippen LogP contribution in [0.1, 0.15) is 26.2 Å². The molecule has 0 radical (unpaired) electrons. The van der Waals surface area contributed by atoms with Crippen LogP contribution in [0.3, 0.4) is 0 Å². The minimum absolute atomic E-state index is 0.138. The van der Waals surface area contributed by atoms with Gasteiger partial charge in [0.05, 0.1) is 6.61 Å². The maximum atomic E-state index is 11.5. The third-order valence-corrected chi connectivity index (χ3v) is 3.28. The van der Waals surface area contributed by atoms with Crippen molar-refractivity contribution in [1.29, 1.82) is 0 Å². The Labute approximate surface area is 110 Å².